The summed E-state index contributed by atoms with van der Waals surface area (Å²) in [6.45, 7) is 3.80. The van der Waals surface area contributed by atoms with Gasteiger partial charge in [-0.1, -0.05) is 42.1 Å². The minimum absolute atomic E-state index is 0.0991. The molecular formula is C26H23NO5S2. The standard InChI is InChI=1S/C26H23NO5S2/c1-16-5-4-6-17(2)21(16)15-34(30,31)20-11-12-23-22(14-20)27-25(28)24(33-23)13-18-7-9-19(10-8-18)26(29)32-3/h4-14H,15H2,1-3H3,(H,27,28)/b24-13-. The quantitative estimate of drug-likeness (QED) is 0.391. The molecule has 1 N–H and O–H groups in total. The first-order valence-corrected chi connectivity index (χ1v) is 13.0. The third-order valence-corrected chi connectivity index (χ3v) is 8.35. The van der Waals surface area contributed by atoms with Crippen LogP contribution in [0.2, 0.25) is 0 Å². The van der Waals surface area contributed by atoms with Crippen LogP contribution in [0.1, 0.15) is 32.6 Å². The summed E-state index contributed by atoms with van der Waals surface area (Å²) in [6, 6.07) is 17.2. The molecule has 0 aliphatic carbocycles. The van der Waals surface area contributed by atoms with Crippen LogP contribution in [0.3, 0.4) is 0 Å². The summed E-state index contributed by atoms with van der Waals surface area (Å²) in [5.41, 5.74) is 4.30. The molecule has 0 spiro atoms. The number of anilines is 1. The molecule has 1 heterocycles. The smallest absolute Gasteiger partial charge is 0.337 e. The zero-order chi connectivity index (χ0) is 24.5. The molecule has 0 atom stereocenters. The highest BCUT2D eigenvalue weighted by molar-refractivity contribution is 8.04. The van der Waals surface area contributed by atoms with Crippen molar-refractivity contribution in [1.29, 1.82) is 0 Å². The number of ether oxygens (including phenoxy) is 1. The Kier molecular flexibility index (Phi) is 6.63. The highest BCUT2D eigenvalue weighted by Crippen LogP contribution is 2.40. The number of benzene rings is 3. The van der Waals surface area contributed by atoms with E-state index in [1.165, 1.54) is 24.9 Å². The molecule has 0 fully saturated rings. The number of amides is 1. The number of hydrogen-bond donors (Lipinski definition) is 1. The molecule has 174 valence electrons. The summed E-state index contributed by atoms with van der Waals surface area (Å²) in [5, 5.41) is 2.80. The third kappa shape index (κ3) is 4.93. The van der Waals surface area contributed by atoms with Crippen molar-refractivity contribution in [3.63, 3.8) is 0 Å². The number of carbonyl (C=O) groups is 2. The summed E-state index contributed by atoms with van der Waals surface area (Å²) in [4.78, 5) is 25.7. The van der Waals surface area contributed by atoms with E-state index in [1.54, 1.807) is 42.5 Å². The number of nitrogens with one attached hydrogen (secondary N) is 1. The Bertz CT molecular complexity index is 1400. The first kappa shape index (κ1) is 23.8. The largest absolute Gasteiger partial charge is 0.465 e. The molecule has 0 saturated heterocycles. The van der Waals surface area contributed by atoms with Crippen LogP contribution < -0.4 is 5.32 Å². The van der Waals surface area contributed by atoms with Gasteiger partial charge in [-0.05, 0) is 72.5 Å². The van der Waals surface area contributed by atoms with E-state index in [0.29, 0.717) is 16.2 Å². The van der Waals surface area contributed by atoms with E-state index in [-0.39, 0.29) is 16.6 Å². The summed E-state index contributed by atoms with van der Waals surface area (Å²) in [5.74, 6) is -0.849. The SMILES string of the molecule is COC(=O)c1ccc(/C=C2\Sc3ccc(S(=O)(=O)Cc4c(C)cccc4C)cc3NC2=O)cc1. The van der Waals surface area contributed by atoms with Gasteiger partial charge in [0.2, 0.25) is 0 Å². The van der Waals surface area contributed by atoms with Crippen LogP contribution in [0.4, 0.5) is 5.69 Å². The summed E-state index contributed by atoms with van der Waals surface area (Å²) in [7, 11) is -2.28. The van der Waals surface area contributed by atoms with Crippen molar-refractivity contribution in [2.45, 2.75) is 29.4 Å². The molecule has 3 aromatic carbocycles. The second-order valence-corrected chi connectivity index (χ2v) is 11.0. The predicted octanol–water partition coefficient (Wildman–Crippen LogP) is 5.15. The first-order chi connectivity index (χ1) is 16.2. The monoisotopic (exact) mass is 493 g/mol. The fraction of sp³-hybridized carbons (Fsp3) is 0.154. The lowest BCUT2D eigenvalue weighted by Crippen LogP contribution is -2.18. The number of methoxy groups -OCH3 is 1. The Balaban J connectivity index is 1.58. The Morgan fingerprint density at radius 3 is 2.35 bits per heavy atom. The van der Waals surface area contributed by atoms with Gasteiger partial charge in [-0.3, -0.25) is 4.79 Å². The van der Waals surface area contributed by atoms with Crippen molar-refractivity contribution in [3.8, 4) is 0 Å². The molecule has 6 nitrogen and oxygen atoms in total. The van der Waals surface area contributed by atoms with Gasteiger partial charge in [0.05, 0.1) is 33.9 Å². The lowest BCUT2D eigenvalue weighted by atomic mass is 10.1. The van der Waals surface area contributed by atoms with Gasteiger partial charge in [0.15, 0.2) is 9.84 Å². The molecule has 8 heteroatoms. The van der Waals surface area contributed by atoms with E-state index in [0.717, 1.165) is 27.1 Å². The number of hydrogen-bond acceptors (Lipinski definition) is 6. The number of rotatable bonds is 5. The molecule has 34 heavy (non-hydrogen) atoms. The zero-order valence-electron chi connectivity index (χ0n) is 18.9. The minimum atomic E-state index is -3.60. The average molecular weight is 494 g/mol. The van der Waals surface area contributed by atoms with Crippen LogP contribution in [-0.4, -0.2) is 27.4 Å². The Morgan fingerprint density at radius 1 is 1.03 bits per heavy atom. The van der Waals surface area contributed by atoms with Crippen molar-refractivity contribution in [1.82, 2.24) is 0 Å². The maximum Gasteiger partial charge on any atom is 0.337 e. The van der Waals surface area contributed by atoms with Gasteiger partial charge < -0.3 is 10.1 Å². The van der Waals surface area contributed by atoms with Crippen LogP contribution >= 0.6 is 11.8 Å². The van der Waals surface area contributed by atoms with Crippen molar-refractivity contribution in [3.05, 3.63) is 93.4 Å². The van der Waals surface area contributed by atoms with Crippen LogP contribution in [-0.2, 0) is 25.1 Å². The normalized spacial score (nSPS) is 14.4. The summed E-state index contributed by atoms with van der Waals surface area (Å²) < 4.78 is 30.9. The fourth-order valence-corrected chi connectivity index (χ4v) is 6.17. The molecule has 1 aliphatic heterocycles. The van der Waals surface area contributed by atoms with E-state index in [2.05, 4.69) is 5.32 Å². The summed E-state index contributed by atoms with van der Waals surface area (Å²) in [6.07, 6.45) is 1.72. The molecule has 0 unspecified atom stereocenters. The van der Waals surface area contributed by atoms with Crippen molar-refractivity contribution in [2.75, 3.05) is 12.4 Å². The van der Waals surface area contributed by atoms with Crippen LogP contribution in [0.15, 0.2) is 75.4 Å². The highest BCUT2D eigenvalue weighted by Gasteiger charge is 2.25. The highest BCUT2D eigenvalue weighted by atomic mass is 32.2. The van der Waals surface area contributed by atoms with E-state index < -0.39 is 15.8 Å². The fourth-order valence-electron chi connectivity index (χ4n) is 3.67. The maximum atomic E-state index is 13.1. The van der Waals surface area contributed by atoms with Gasteiger partial charge in [0.25, 0.3) is 5.91 Å². The molecule has 0 saturated carbocycles. The van der Waals surface area contributed by atoms with Gasteiger partial charge in [-0.2, -0.15) is 0 Å². The molecule has 0 aromatic heterocycles. The second-order valence-electron chi connectivity index (χ2n) is 7.97. The van der Waals surface area contributed by atoms with Crippen molar-refractivity contribution < 1.29 is 22.7 Å². The predicted molar refractivity (Wildman–Crippen MR) is 133 cm³/mol. The summed E-state index contributed by atoms with van der Waals surface area (Å²) >= 11 is 1.27. The number of esters is 1. The van der Waals surface area contributed by atoms with Crippen LogP contribution in [0.25, 0.3) is 6.08 Å². The Morgan fingerprint density at radius 2 is 1.71 bits per heavy atom. The second kappa shape index (κ2) is 9.48. The van der Waals surface area contributed by atoms with Crippen molar-refractivity contribution in [2.24, 2.45) is 0 Å². The van der Waals surface area contributed by atoms with E-state index in [4.69, 9.17) is 4.74 Å². The van der Waals surface area contributed by atoms with Gasteiger partial charge in [0, 0.05) is 4.90 Å². The van der Waals surface area contributed by atoms with Gasteiger partial charge >= 0.3 is 5.97 Å². The molecule has 4 rings (SSSR count). The third-order valence-electron chi connectivity index (χ3n) is 5.61. The van der Waals surface area contributed by atoms with E-state index in [9.17, 15) is 18.0 Å². The molecule has 3 aromatic rings. The number of sulfone groups is 1. The van der Waals surface area contributed by atoms with Crippen molar-refractivity contribution >= 4 is 45.2 Å². The average Bonchev–Trinajstić information content (AvgIpc) is 2.81. The lowest BCUT2D eigenvalue weighted by molar-refractivity contribution is -0.112. The number of thioether (sulfide) groups is 1. The molecule has 0 radical (unpaired) electrons. The van der Waals surface area contributed by atoms with E-state index in [1.807, 2.05) is 32.0 Å². The Labute approximate surface area is 203 Å². The minimum Gasteiger partial charge on any atom is -0.465 e. The molecule has 1 aliphatic rings. The van der Waals surface area contributed by atoms with Crippen LogP contribution in [0, 0.1) is 13.8 Å². The topological polar surface area (TPSA) is 89.5 Å². The van der Waals surface area contributed by atoms with Gasteiger partial charge in [0.1, 0.15) is 0 Å². The number of carbonyl (C=O) groups excluding carboxylic acids is 2. The van der Waals surface area contributed by atoms with Crippen LogP contribution in [0.5, 0.6) is 0 Å². The van der Waals surface area contributed by atoms with E-state index >= 15 is 0 Å². The van der Waals surface area contributed by atoms with Gasteiger partial charge in [-0.15, -0.1) is 0 Å². The molecular weight excluding hydrogens is 470 g/mol. The zero-order valence-corrected chi connectivity index (χ0v) is 20.5. The number of aryl methyl sites for hydroxylation is 2. The van der Waals surface area contributed by atoms with Gasteiger partial charge in [-0.25, -0.2) is 13.2 Å². The Hall–Kier alpha value is -3.36. The first-order valence-electron chi connectivity index (χ1n) is 10.5. The maximum absolute atomic E-state index is 13.1. The lowest BCUT2D eigenvalue weighted by Gasteiger charge is -2.20. The molecule has 1 amide bonds. The molecule has 0 bridgehead atoms. The number of fused-ring (bicyclic) bond motifs is 1.